The number of hydrogen-bond acceptors (Lipinski definition) is 2. The molecule has 0 saturated heterocycles. The molecular weight excluding hydrogens is 293 g/mol. The third-order valence-corrected chi connectivity index (χ3v) is 3.31. The quantitative estimate of drug-likeness (QED) is 0.759. The molecule has 0 heterocycles. The summed E-state index contributed by atoms with van der Waals surface area (Å²) in [7, 11) is 1.53. The molecule has 0 radical (unpaired) electrons. The van der Waals surface area contributed by atoms with Crippen molar-refractivity contribution in [2.75, 3.05) is 7.11 Å². The van der Waals surface area contributed by atoms with E-state index >= 15 is 0 Å². The van der Waals surface area contributed by atoms with Crippen LogP contribution in [0.2, 0.25) is 0 Å². The molecule has 0 saturated carbocycles. The summed E-state index contributed by atoms with van der Waals surface area (Å²) < 4.78 is 43.8. The Kier molecular flexibility index (Phi) is 4.85. The highest BCUT2D eigenvalue weighted by Gasteiger charge is 2.34. The molecule has 0 aliphatic carbocycles. The fraction of sp³-hybridized carbons (Fsp3) is 0.235. The van der Waals surface area contributed by atoms with E-state index in [9.17, 15) is 18.0 Å². The summed E-state index contributed by atoms with van der Waals surface area (Å²) in [5.41, 5.74) is -0.319. The summed E-state index contributed by atoms with van der Waals surface area (Å²) in [5, 5.41) is 0. The molecule has 116 valence electrons. The van der Waals surface area contributed by atoms with Crippen LogP contribution in [0.15, 0.2) is 48.5 Å². The molecule has 0 bridgehead atoms. The van der Waals surface area contributed by atoms with Gasteiger partial charge in [0.15, 0.2) is 5.78 Å². The molecule has 0 fully saturated rings. The highest BCUT2D eigenvalue weighted by atomic mass is 19.4. The Morgan fingerprint density at radius 1 is 1.09 bits per heavy atom. The van der Waals surface area contributed by atoms with Crippen molar-refractivity contribution in [3.63, 3.8) is 0 Å². The van der Waals surface area contributed by atoms with Crippen LogP contribution in [-0.4, -0.2) is 12.9 Å². The number of hydrogen-bond donors (Lipinski definition) is 0. The van der Waals surface area contributed by atoms with Crippen LogP contribution in [0.1, 0.15) is 27.9 Å². The molecule has 22 heavy (non-hydrogen) atoms. The van der Waals surface area contributed by atoms with Gasteiger partial charge in [-0.05, 0) is 30.2 Å². The molecule has 0 aliphatic rings. The number of Topliss-reactive ketones (excluding diaryl/α,β-unsaturated/α-hetero) is 1. The number of benzene rings is 2. The van der Waals surface area contributed by atoms with E-state index in [0.29, 0.717) is 12.2 Å². The van der Waals surface area contributed by atoms with Crippen molar-refractivity contribution in [1.29, 1.82) is 0 Å². The minimum absolute atomic E-state index is 0.0141. The summed E-state index contributed by atoms with van der Waals surface area (Å²) in [5.74, 6) is 0.136. The first-order chi connectivity index (χ1) is 10.4. The van der Waals surface area contributed by atoms with E-state index in [1.165, 1.54) is 25.3 Å². The summed E-state index contributed by atoms with van der Waals surface area (Å²) in [6.45, 7) is 0. The zero-order valence-corrected chi connectivity index (χ0v) is 12.0. The number of alkyl halides is 3. The summed E-state index contributed by atoms with van der Waals surface area (Å²) in [4.78, 5) is 12.1. The van der Waals surface area contributed by atoms with Crippen LogP contribution in [0, 0.1) is 0 Å². The van der Waals surface area contributed by atoms with Gasteiger partial charge in [-0.1, -0.05) is 30.3 Å². The molecule has 0 atom stereocenters. The fourth-order valence-electron chi connectivity index (χ4n) is 2.19. The van der Waals surface area contributed by atoms with Crippen LogP contribution in [0.5, 0.6) is 5.75 Å². The molecule has 2 aromatic carbocycles. The van der Waals surface area contributed by atoms with Crippen LogP contribution < -0.4 is 4.74 Å². The molecular formula is C17H15F3O2. The van der Waals surface area contributed by atoms with E-state index < -0.39 is 17.5 Å². The maximum absolute atomic E-state index is 12.9. The Labute approximate surface area is 126 Å². The zero-order chi connectivity index (χ0) is 16.2. The van der Waals surface area contributed by atoms with Crippen LogP contribution in [0.4, 0.5) is 13.2 Å². The number of rotatable bonds is 5. The fourth-order valence-corrected chi connectivity index (χ4v) is 2.19. The lowest BCUT2D eigenvalue weighted by atomic mass is 9.98. The van der Waals surface area contributed by atoms with Gasteiger partial charge in [0, 0.05) is 12.0 Å². The first kappa shape index (κ1) is 16.1. The van der Waals surface area contributed by atoms with Gasteiger partial charge in [-0.2, -0.15) is 13.2 Å². The summed E-state index contributed by atoms with van der Waals surface area (Å²) in [6.07, 6.45) is -4.15. The Balaban J connectivity index is 2.13. The first-order valence-electron chi connectivity index (χ1n) is 6.74. The second-order valence-corrected chi connectivity index (χ2v) is 4.82. The van der Waals surface area contributed by atoms with Crippen molar-refractivity contribution in [3.8, 4) is 5.75 Å². The Morgan fingerprint density at radius 3 is 2.50 bits per heavy atom. The normalized spacial score (nSPS) is 11.3. The van der Waals surface area contributed by atoms with Crippen molar-refractivity contribution in [3.05, 3.63) is 65.2 Å². The summed E-state index contributed by atoms with van der Waals surface area (Å²) >= 11 is 0. The van der Waals surface area contributed by atoms with Crippen molar-refractivity contribution in [2.24, 2.45) is 0 Å². The van der Waals surface area contributed by atoms with Crippen LogP contribution in [0.3, 0.4) is 0 Å². The second-order valence-electron chi connectivity index (χ2n) is 4.82. The Bertz CT molecular complexity index is 663. The van der Waals surface area contributed by atoms with E-state index in [-0.39, 0.29) is 12.0 Å². The lowest BCUT2D eigenvalue weighted by Gasteiger charge is -2.11. The lowest BCUT2D eigenvalue weighted by Crippen LogP contribution is -2.13. The Hall–Kier alpha value is -2.30. The lowest BCUT2D eigenvalue weighted by molar-refractivity contribution is -0.137. The van der Waals surface area contributed by atoms with Gasteiger partial charge < -0.3 is 4.74 Å². The molecule has 2 nitrogen and oxygen atoms in total. The first-order valence-corrected chi connectivity index (χ1v) is 6.74. The van der Waals surface area contributed by atoms with Gasteiger partial charge in [-0.15, -0.1) is 0 Å². The molecule has 0 spiro atoms. The smallest absolute Gasteiger partial charge is 0.417 e. The molecule has 2 rings (SSSR count). The number of ketones is 1. The zero-order valence-electron chi connectivity index (χ0n) is 12.0. The molecule has 2 aromatic rings. The molecule has 0 unspecified atom stereocenters. The van der Waals surface area contributed by atoms with E-state index in [1.807, 2.05) is 6.07 Å². The number of ether oxygens (including phenoxy) is 1. The number of halogens is 3. The molecule has 0 amide bonds. The third kappa shape index (κ3) is 3.87. The van der Waals surface area contributed by atoms with Gasteiger partial charge in [-0.25, -0.2) is 0 Å². The van der Waals surface area contributed by atoms with Gasteiger partial charge in [0.1, 0.15) is 5.75 Å². The average molecular weight is 308 g/mol. The van der Waals surface area contributed by atoms with Gasteiger partial charge in [-0.3, -0.25) is 4.79 Å². The predicted octanol–water partition coefficient (Wildman–Crippen LogP) is 4.53. The van der Waals surface area contributed by atoms with Gasteiger partial charge in [0.05, 0.1) is 12.7 Å². The van der Waals surface area contributed by atoms with Gasteiger partial charge >= 0.3 is 6.18 Å². The standard InChI is InChI=1S/C17H15F3O2/c1-22-13-6-4-5-12(11-13)9-10-16(21)14-7-2-3-8-15(14)17(18,19)20/h2-8,11H,9-10H2,1H3. The molecule has 5 heteroatoms. The minimum Gasteiger partial charge on any atom is -0.497 e. The molecule has 0 aliphatic heterocycles. The minimum atomic E-state index is -4.53. The predicted molar refractivity (Wildman–Crippen MR) is 77.1 cm³/mol. The highest BCUT2D eigenvalue weighted by Crippen LogP contribution is 2.32. The largest absolute Gasteiger partial charge is 0.497 e. The number of methoxy groups -OCH3 is 1. The average Bonchev–Trinajstić information content (AvgIpc) is 2.52. The monoisotopic (exact) mass is 308 g/mol. The van der Waals surface area contributed by atoms with E-state index in [1.54, 1.807) is 18.2 Å². The summed E-state index contributed by atoms with van der Waals surface area (Å²) in [6, 6.07) is 12.0. The van der Waals surface area contributed by atoms with Gasteiger partial charge in [0.25, 0.3) is 0 Å². The van der Waals surface area contributed by atoms with Crippen molar-refractivity contribution in [1.82, 2.24) is 0 Å². The maximum Gasteiger partial charge on any atom is 0.417 e. The number of carbonyl (C=O) groups excluding carboxylic acids is 1. The van der Waals surface area contributed by atoms with E-state index in [0.717, 1.165) is 11.6 Å². The van der Waals surface area contributed by atoms with Crippen molar-refractivity contribution >= 4 is 5.78 Å². The topological polar surface area (TPSA) is 26.3 Å². The van der Waals surface area contributed by atoms with Crippen molar-refractivity contribution in [2.45, 2.75) is 19.0 Å². The SMILES string of the molecule is COc1cccc(CCC(=O)c2ccccc2C(F)(F)F)c1. The Morgan fingerprint density at radius 2 is 1.82 bits per heavy atom. The number of aryl methyl sites for hydroxylation is 1. The van der Waals surface area contributed by atoms with Crippen LogP contribution >= 0.6 is 0 Å². The second kappa shape index (κ2) is 6.64. The molecule has 0 N–H and O–H groups in total. The highest BCUT2D eigenvalue weighted by molar-refractivity contribution is 5.97. The van der Waals surface area contributed by atoms with Crippen LogP contribution in [-0.2, 0) is 12.6 Å². The van der Waals surface area contributed by atoms with Crippen molar-refractivity contribution < 1.29 is 22.7 Å². The van der Waals surface area contributed by atoms with Gasteiger partial charge in [0.2, 0.25) is 0 Å². The van der Waals surface area contributed by atoms with E-state index in [4.69, 9.17) is 4.74 Å². The maximum atomic E-state index is 12.9. The molecule has 0 aromatic heterocycles. The van der Waals surface area contributed by atoms with Crippen LogP contribution in [0.25, 0.3) is 0 Å². The number of carbonyl (C=O) groups is 1. The van der Waals surface area contributed by atoms with E-state index in [2.05, 4.69) is 0 Å². The third-order valence-electron chi connectivity index (χ3n) is 3.31.